The quantitative estimate of drug-likeness (QED) is 0.682. The predicted molar refractivity (Wildman–Crippen MR) is 72.9 cm³/mol. The lowest BCUT2D eigenvalue weighted by Gasteiger charge is -2.03. The molecule has 0 spiro atoms. The lowest BCUT2D eigenvalue weighted by Crippen LogP contribution is -2.09. The van der Waals surface area contributed by atoms with E-state index in [1.165, 1.54) is 10.9 Å². The molecule has 0 unspecified atom stereocenters. The molecule has 0 bridgehead atoms. The first-order valence-corrected chi connectivity index (χ1v) is 6.39. The first-order valence-electron chi connectivity index (χ1n) is 6.39. The third-order valence-corrected chi connectivity index (χ3v) is 3.02. The lowest BCUT2D eigenvalue weighted by molar-refractivity contribution is 0.1000. The maximum Gasteiger partial charge on any atom is 0.248 e. The van der Waals surface area contributed by atoms with Gasteiger partial charge in [0.1, 0.15) is 11.5 Å². The molecule has 20 heavy (non-hydrogen) atoms. The zero-order chi connectivity index (χ0) is 13.9. The maximum absolute atomic E-state index is 12.4. The highest BCUT2D eigenvalue weighted by molar-refractivity contribution is 6.06. The van der Waals surface area contributed by atoms with Crippen LogP contribution in [0.25, 0.3) is 5.69 Å². The van der Waals surface area contributed by atoms with Crippen molar-refractivity contribution in [1.82, 2.24) is 15.0 Å². The molecule has 0 saturated heterocycles. The zero-order valence-corrected chi connectivity index (χ0v) is 11.0. The molecule has 0 N–H and O–H groups in total. The van der Waals surface area contributed by atoms with Crippen LogP contribution in [0.4, 0.5) is 0 Å². The van der Waals surface area contributed by atoms with Crippen LogP contribution >= 0.6 is 0 Å². The number of rotatable bonds is 4. The molecule has 0 aliphatic heterocycles. The minimum absolute atomic E-state index is 0.224. The molecule has 0 aliphatic carbocycles. The number of aromatic nitrogens is 3. The number of furan rings is 1. The molecular weight excluding hydrogens is 254 g/mol. The summed E-state index contributed by atoms with van der Waals surface area (Å²) in [4.78, 5) is 12.4. The maximum atomic E-state index is 12.4. The van der Waals surface area contributed by atoms with E-state index in [2.05, 4.69) is 10.3 Å². The molecule has 0 radical (unpaired) electrons. The van der Waals surface area contributed by atoms with Crippen LogP contribution in [0, 0.1) is 0 Å². The summed E-state index contributed by atoms with van der Waals surface area (Å²) in [6.45, 7) is 1.98. The Labute approximate surface area is 115 Å². The summed E-state index contributed by atoms with van der Waals surface area (Å²) >= 11 is 0. The first kappa shape index (κ1) is 12.3. The monoisotopic (exact) mass is 267 g/mol. The van der Waals surface area contributed by atoms with Gasteiger partial charge in [0.15, 0.2) is 5.76 Å². The van der Waals surface area contributed by atoms with Crippen LogP contribution in [0.5, 0.6) is 0 Å². The van der Waals surface area contributed by atoms with E-state index < -0.39 is 0 Å². The Morgan fingerprint density at radius 3 is 2.70 bits per heavy atom. The van der Waals surface area contributed by atoms with Gasteiger partial charge in [-0.1, -0.05) is 30.3 Å². The number of nitrogens with zero attached hydrogens (tertiary/aromatic N) is 3. The minimum Gasteiger partial charge on any atom is -0.458 e. The van der Waals surface area contributed by atoms with Gasteiger partial charge in [0.05, 0.1) is 11.9 Å². The summed E-state index contributed by atoms with van der Waals surface area (Å²) in [6, 6.07) is 12.9. The van der Waals surface area contributed by atoms with Crippen molar-refractivity contribution in [2.45, 2.75) is 13.3 Å². The van der Waals surface area contributed by atoms with Gasteiger partial charge in [-0.05, 0) is 24.3 Å². The van der Waals surface area contributed by atoms with Crippen molar-refractivity contribution in [2.24, 2.45) is 0 Å². The van der Waals surface area contributed by atoms with Crippen molar-refractivity contribution < 1.29 is 9.21 Å². The van der Waals surface area contributed by atoms with Crippen LogP contribution < -0.4 is 0 Å². The van der Waals surface area contributed by atoms with Gasteiger partial charge >= 0.3 is 0 Å². The van der Waals surface area contributed by atoms with Crippen LogP contribution in [0.15, 0.2) is 53.1 Å². The molecule has 100 valence electrons. The van der Waals surface area contributed by atoms with Gasteiger partial charge in [0, 0.05) is 6.42 Å². The van der Waals surface area contributed by atoms with Crippen LogP contribution in [-0.4, -0.2) is 20.8 Å². The Balaban J connectivity index is 1.99. The number of hydrogen-bond acceptors (Lipinski definition) is 4. The van der Waals surface area contributed by atoms with Gasteiger partial charge in [0.2, 0.25) is 5.78 Å². The number of ketones is 1. The SMILES string of the molecule is CCc1ccc(C(=O)c2cnnn2-c2ccccc2)o1. The molecule has 0 aliphatic rings. The van der Waals surface area contributed by atoms with Crippen molar-refractivity contribution in [2.75, 3.05) is 0 Å². The summed E-state index contributed by atoms with van der Waals surface area (Å²) in [7, 11) is 0. The Kier molecular flexibility index (Phi) is 3.16. The van der Waals surface area contributed by atoms with Crippen molar-refractivity contribution in [3.8, 4) is 5.69 Å². The Morgan fingerprint density at radius 2 is 2.00 bits per heavy atom. The summed E-state index contributed by atoms with van der Waals surface area (Å²) in [5.74, 6) is 0.868. The minimum atomic E-state index is -0.224. The fourth-order valence-corrected chi connectivity index (χ4v) is 1.97. The van der Waals surface area contributed by atoms with Crippen molar-refractivity contribution in [1.29, 1.82) is 0 Å². The number of hydrogen-bond donors (Lipinski definition) is 0. The molecular formula is C15H13N3O2. The van der Waals surface area contributed by atoms with E-state index in [0.29, 0.717) is 11.5 Å². The molecule has 0 saturated carbocycles. The fraction of sp³-hybridized carbons (Fsp3) is 0.133. The van der Waals surface area contributed by atoms with Crippen molar-refractivity contribution >= 4 is 5.78 Å². The van der Waals surface area contributed by atoms with Crippen LogP contribution in [0.2, 0.25) is 0 Å². The fourth-order valence-electron chi connectivity index (χ4n) is 1.97. The molecule has 0 fully saturated rings. The summed E-state index contributed by atoms with van der Waals surface area (Å²) in [5.41, 5.74) is 1.17. The number of carbonyl (C=O) groups is 1. The van der Waals surface area contributed by atoms with Gasteiger partial charge in [-0.3, -0.25) is 4.79 Å². The Morgan fingerprint density at radius 1 is 1.20 bits per heavy atom. The molecule has 0 atom stereocenters. The summed E-state index contributed by atoms with van der Waals surface area (Å²) in [6.07, 6.45) is 2.20. The van der Waals surface area contributed by atoms with E-state index in [0.717, 1.165) is 17.9 Å². The van der Waals surface area contributed by atoms with Crippen LogP contribution in [-0.2, 0) is 6.42 Å². The number of para-hydroxylation sites is 1. The first-order chi connectivity index (χ1) is 9.79. The number of carbonyl (C=O) groups excluding carboxylic acids is 1. The predicted octanol–water partition coefficient (Wildman–Crippen LogP) is 2.65. The topological polar surface area (TPSA) is 60.9 Å². The van der Waals surface area contributed by atoms with E-state index in [1.807, 2.05) is 43.3 Å². The highest BCUT2D eigenvalue weighted by Crippen LogP contribution is 2.16. The Hall–Kier alpha value is -2.69. The molecule has 2 aromatic heterocycles. The molecule has 5 heteroatoms. The number of aryl methyl sites for hydroxylation is 1. The van der Waals surface area contributed by atoms with Crippen LogP contribution in [0.3, 0.4) is 0 Å². The lowest BCUT2D eigenvalue weighted by atomic mass is 10.2. The second-order valence-corrected chi connectivity index (χ2v) is 4.32. The average molecular weight is 267 g/mol. The smallest absolute Gasteiger partial charge is 0.248 e. The highest BCUT2D eigenvalue weighted by Gasteiger charge is 2.19. The zero-order valence-electron chi connectivity index (χ0n) is 11.0. The van der Waals surface area contributed by atoms with E-state index in [9.17, 15) is 4.79 Å². The van der Waals surface area contributed by atoms with Crippen molar-refractivity contribution in [3.63, 3.8) is 0 Å². The number of benzene rings is 1. The second kappa shape index (κ2) is 5.13. The third-order valence-electron chi connectivity index (χ3n) is 3.02. The van der Waals surface area contributed by atoms with Gasteiger partial charge in [-0.15, -0.1) is 5.10 Å². The molecule has 2 heterocycles. The Bertz CT molecular complexity index is 728. The molecule has 5 nitrogen and oxygen atoms in total. The van der Waals surface area contributed by atoms with E-state index in [1.54, 1.807) is 6.07 Å². The average Bonchev–Trinajstić information content (AvgIpc) is 3.16. The van der Waals surface area contributed by atoms with E-state index >= 15 is 0 Å². The molecule has 0 amide bonds. The summed E-state index contributed by atoms with van der Waals surface area (Å²) in [5, 5.41) is 7.79. The standard InChI is InChI=1S/C15H13N3O2/c1-2-12-8-9-14(20-12)15(19)13-10-16-17-18(13)11-6-4-3-5-7-11/h3-10H,2H2,1H3. The third kappa shape index (κ3) is 2.14. The van der Waals surface area contributed by atoms with Crippen molar-refractivity contribution in [3.05, 3.63) is 65.9 Å². The largest absolute Gasteiger partial charge is 0.458 e. The highest BCUT2D eigenvalue weighted by atomic mass is 16.3. The van der Waals surface area contributed by atoms with Gasteiger partial charge in [-0.25, -0.2) is 4.68 Å². The molecule has 3 rings (SSSR count). The summed E-state index contributed by atoms with van der Waals surface area (Å²) < 4.78 is 7.00. The van der Waals surface area contributed by atoms with Gasteiger partial charge < -0.3 is 4.42 Å². The van der Waals surface area contributed by atoms with Gasteiger partial charge in [0.25, 0.3) is 0 Å². The second-order valence-electron chi connectivity index (χ2n) is 4.32. The van der Waals surface area contributed by atoms with E-state index in [4.69, 9.17) is 4.42 Å². The molecule has 3 aromatic rings. The van der Waals surface area contributed by atoms with Gasteiger partial charge in [-0.2, -0.15) is 0 Å². The van der Waals surface area contributed by atoms with Crippen LogP contribution in [0.1, 0.15) is 28.9 Å². The molecule has 1 aromatic carbocycles. The van der Waals surface area contributed by atoms with E-state index in [-0.39, 0.29) is 5.78 Å². The normalized spacial score (nSPS) is 10.7.